The predicted octanol–water partition coefficient (Wildman–Crippen LogP) is 4.14. The normalized spacial score (nSPS) is 14.1. The number of anilines is 2. The summed E-state index contributed by atoms with van der Waals surface area (Å²) in [5.74, 6) is 0.256. The van der Waals surface area contributed by atoms with Crippen molar-refractivity contribution in [2.24, 2.45) is 0 Å². The predicted molar refractivity (Wildman–Crippen MR) is 107 cm³/mol. The van der Waals surface area contributed by atoms with Crippen LogP contribution in [0.1, 0.15) is 12.5 Å². The van der Waals surface area contributed by atoms with E-state index in [0.29, 0.717) is 17.1 Å². The third-order valence-corrected chi connectivity index (χ3v) is 6.58. The van der Waals surface area contributed by atoms with E-state index in [0.717, 1.165) is 6.42 Å². The molecule has 1 heterocycles. The molecule has 0 atom stereocenters. The fraction of sp³-hybridized carbons (Fsp3) is 0.136. The van der Waals surface area contributed by atoms with Crippen molar-refractivity contribution in [2.75, 3.05) is 11.5 Å². The molecule has 0 saturated carbocycles. The van der Waals surface area contributed by atoms with Crippen molar-refractivity contribution in [3.63, 3.8) is 0 Å². The van der Waals surface area contributed by atoms with E-state index in [1.165, 1.54) is 22.6 Å². The van der Waals surface area contributed by atoms with Crippen LogP contribution in [-0.2, 0) is 21.1 Å². The zero-order valence-corrected chi connectivity index (χ0v) is 16.1. The number of benzene rings is 3. The maximum absolute atomic E-state index is 13.0. The molecule has 0 unspecified atom stereocenters. The number of nitrogens with zero attached hydrogens (tertiary/aromatic N) is 1. The number of rotatable bonds is 4. The Morgan fingerprint density at radius 1 is 0.857 bits per heavy atom. The Kier molecular flexibility index (Phi) is 4.65. The van der Waals surface area contributed by atoms with Gasteiger partial charge >= 0.3 is 0 Å². The van der Waals surface area contributed by atoms with Gasteiger partial charge in [0, 0.05) is 0 Å². The fourth-order valence-electron chi connectivity index (χ4n) is 3.29. The van der Waals surface area contributed by atoms with Crippen molar-refractivity contribution in [3.05, 3.63) is 78.4 Å². The minimum atomic E-state index is -3.68. The van der Waals surface area contributed by atoms with Gasteiger partial charge in [0.25, 0.3) is 5.91 Å². The summed E-state index contributed by atoms with van der Waals surface area (Å²) in [5.41, 5.74) is 1.87. The number of sulfone groups is 1. The topological polar surface area (TPSA) is 63.7 Å². The molecule has 5 nitrogen and oxygen atoms in total. The maximum Gasteiger partial charge on any atom is 0.269 e. The molecular weight excluding hydrogens is 374 g/mol. The molecule has 0 aromatic heterocycles. The number of carbonyl (C=O) groups is 1. The Labute approximate surface area is 164 Å². The van der Waals surface area contributed by atoms with Gasteiger partial charge in [-0.1, -0.05) is 43.3 Å². The number of hydrogen-bond acceptors (Lipinski definition) is 4. The first-order valence-corrected chi connectivity index (χ1v) is 10.5. The molecule has 1 amide bonds. The SMILES string of the molecule is CCc1ccc(OCC(=O)N2c3ccccc3S(=O)(=O)c3ccccc32)cc1. The van der Waals surface area contributed by atoms with Crippen LogP contribution in [0.15, 0.2) is 82.6 Å². The zero-order valence-electron chi connectivity index (χ0n) is 15.3. The first kappa shape index (κ1) is 18.3. The Morgan fingerprint density at radius 3 is 1.93 bits per heavy atom. The van der Waals surface area contributed by atoms with Gasteiger partial charge in [-0.15, -0.1) is 0 Å². The lowest BCUT2D eigenvalue weighted by atomic mass is 10.2. The highest BCUT2D eigenvalue weighted by molar-refractivity contribution is 7.92. The van der Waals surface area contributed by atoms with Crippen LogP contribution < -0.4 is 9.64 Å². The summed E-state index contributed by atoms with van der Waals surface area (Å²) in [6.45, 7) is 1.87. The minimum Gasteiger partial charge on any atom is -0.484 e. The second-order valence-corrected chi connectivity index (χ2v) is 8.34. The molecule has 3 aromatic rings. The summed E-state index contributed by atoms with van der Waals surface area (Å²) < 4.78 is 31.5. The summed E-state index contributed by atoms with van der Waals surface area (Å²) in [6.07, 6.45) is 0.926. The quantitative estimate of drug-likeness (QED) is 0.668. The van der Waals surface area contributed by atoms with Crippen LogP contribution in [0.4, 0.5) is 11.4 Å². The lowest BCUT2D eigenvalue weighted by molar-refractivity contribution is -0.119. The monoisotopic (exact) mass is 393 g/mol. The lowest BCUT2D eigenvalue weighted by Gasteiger charge is -2.31. The van der Waals surface area contributed by atoms with Crippen LogP contribution in [0.3, 0.4) is 0 Å². The number of amides is 1. The van der Waals surface area contributed by atoms with E-state index in [2.05, 4.69) is 6.92 Å². The van der Waals surface area contributed by atoms with Crippen LogP contribution in [0, 0.1) is 0 Å². The molecule has 0 bridgehead atoms. The molecule has 0 spiro atoms. The smallest absolute Gasteiger partial charge is 0.269 e. The summed E-state index contributed by atoms with van der Waals surface area (Å²) in [7, 11) is -3.68. The lowest BCUT2D eigenvalue weighted by Crippen LogP contribution is -2.35. The molecular formula is C22H19NO4S. The largest absolute Gasteiger partial charge is 0.484 e. The van der Waals surface area contributed by atoms with Crippen LogP contribution >= 0.6 is 0 Å². The number of aryl methyl sites for hydroxylation is 1. The van der Waals surface area contributed by atoms with Crippen molar-refractivity contribution in [1.82, 2.24) is 0 Å². The Bertz CT molecular complexity index is 1080. The van der Waals surface area contributed by atoms with Gasteiger partial charge in [-0.25, -0.2) is 8.42 Å². The van der Waals surface area contributed by atoms with Crippen molar-refractivity contribution in [1.29, 1.82) is 0 Å². The van der Waals surface area contributed by atoms with E-state index in [9.17, 15) is 13.2 Å². The first-order chi connectivity index (χ1) is 13.5. The molecule has 1 aliphatic heterocycles. The summed E-state index contributed by atoms with van der Waals surface area (Å²) in [4.78, 5) is 14.7. The van der Waals surface area contributed by atoms with Crippen molar-refractivity contribution in [3.8, 4) is 5.75 Å². The van der Waals surface area contributed by atoms with Crippen LogP contribution in [0.25, 0.3) is 0 Å². The molecule has 0 fully saturated rings. The molecule has 0 aliphatic carbocycles. The van der Waals surface area contributed by atoms with Crippen LogP contribution in [-0.4, -0.2) is 20.9 Å². The van der Waals surface area contributed by atoms with Gasteiger partial charge in [0.15, 0.2) is 6.61 Å². The number of hydrogen-bond donors (Lipinski definition) is 0. The molecule has 0 N–H and O–H groups in total. The van der Waals surface area contributed by atoms with E-state index >= 15 is 0 Å². The molecule has 142 valence electrons. The maximum atomic E-state index is 13.0. The average Bonchev–Trinajstić information content (AvgIpc) is 2.73. The zero-order chi connectivity index (χ0) is 19.7. The highest BCUT2D eigenvalue weighted by Gasteiger charge is 2.36. The van der Waals surface area contributed by atoms with Gasteiger partial charge in [-0.3, -0.25) is 9.69 Å². The average molecular weight is 393 g/mol. The second kappa shape index (κ2) is 7.13. The number of fused-ring (bicyclic) bond motifs is 2. The van der Waals surface area contributed by atoms with Gasteiger partial charge in [0.2, 0.25) is 9.84 Å². The van der Waals surface area contributed by atoms with Gasteiger partial charge in [0.1, 0.15) is 5.75 Å². The molecule has 28 heavy (non-hydrogen) atoms. The van der Waals surface area contributed by atoms with Crippen molar-refractivity contribution in [2.45, 2.75) is 23.1 Å². The number of ether oxygens (including phenoxy) is 1. The van der Waals surface area contributed by atoms with Crippen molar-refractivity contribution >= 4 is 27.1 Å². The Balaban J connectivity index is 1.68. The summed E-state index contributed by atoms with van der Waals surface area (Å²) in [6, 6.07) is 20.6. The van der Waals surface area contributed by atoms with Crippen LogP contribution in [0.2, 0.25) is 0 Å². The van der Waals surface area contributed by atoms with Crippen molar-refractivity contribution < 1.29 is 17.9 Å². The standard InChI is InChI=1S/C22H19NO4S/c1-2-16-11-13-17(14-12-16)27-15-22(24)23-18-7-3-5-9-20(18)28(25,26)21-10-6-4-8-19(21)23/h3-14H,2,15H2,1H3. The molecule has 1 aliphatic rings. The van der Waals surface area contributed by atoms with E-state index in [1.807, 2.05) is 24.3 Å². The molecule has 0 radical (unpaired) electrons. The van der Waals surface area contributed by atoms with E-state index < -0.39 is 9.84 Å². The highest BCUT2D eigenvalue weighted by atomic mass is 32.2. The number of carbonyl (C=O) groups excluding carboxylic acids is 1. The van der Waals surface area contributed by atoms with E-state index in [-0.39, 0.29) is 22.3 Å². The van der Waals surface area contributed by atoms with Gasteiger partial charge in [0.05, 0.1) is 21.2 Å². The minimum absolute atomic E-state index is 0.120. The molecule has 3 aromatic carbocycles. The van der Waals surface area contributed by atoms with Gasteiger partial charge in [-0.05, 0) is 48.4 Å². The first-order valence-electron chi connectivity index (χ1n) is 9.00. The molecule has 4 rings (SSSR count). The van der Waals surface area contributed by atoms with Gasteiger partial charge in [-0.2, -0.15) is 0 Å². The number of para-hydroxylation sites is 2. The van der Waals surface area contributed by atoms with E-state index in [1.54, 1.807) is 36.4 Å². The summed E-state index contributed by atoms with van der Waals surface area (Å²) in [5, 5.41) is 0. The molecule has 0 saturated heterocycles. The van der Waals surface area contributed by atoms with E-state index in [4.69, 9.17) is 4.74 Å². The van der Waals surface area contributed by atoms with Gasteiger partial charge < -0.3 is 4.74 Å². The fourth-order valence-corrected chi connectivity index (χ4v) is 4.91. The highest BCUT2D eigenvalue weighted by Crippen LogP contribution is 2.43. The molecule has 6 heteroatoms. The Morgan fingerprint density at radius 2 is 1.39 bits per heavy atom. The summed E-state index contributed by atoms with van der Waals surface area (Å²) >= 11 is 0. The Hall–Kier alpha value is -3.12. The second-order valence-electron chi connectivity index (χ2n) is 6.45. The van der Waals surface area contributed by atoms with Crippen LogP contribution in [0.5, 0.6) is 5.75 Å². The third-order valence-electron chi connectivity index (χ3n) is 4.73. The third kappa shape index (κ3) is 3.05.